The van der Waals surface area contributed by atoms with Crippen LogP contribution < -0.4 is 16.2 Å². The molecule has 0 unspecified atom stereocenters. The van der Waals surface area contributed by atoms with Crippen molar-refractivity contribution in [1.82, 2.24) is 21.1 Å². The molecule has 1 aromatic carbocycles. The van der Waals surface area contributed by atoms with E-state index in [1.165, 1.54) is 4.90 Å². The molecule has 1 aromatic rings. The van der Waals surface area contributed by atoms with Gasteiger partial charge in [0.15, 0.2) is 0 Å². The summed E-state index contributed by atoms with van der Waals surface area (Å²) in [5, 5.41) is 11.6. The smallest absolute Gasteiger partial charge is 0.404 e. The number of carbonyl (C=O) groups is 3. The average Bonchev–Trinajstić information content (AvgIpc) is 2.53. The van der Waals surface area contributed by atoms with Gasteiger partial charge in [0.25, 0.3) is 5.91 Å². The second-order valence-electron chi connectivity index (χ2n) is 5.10. The minimum Gasteiger partial charge on any atom is -0.465 e. The van der Waals surface area contributed by atoms with Crippen molar-refractivity contribution in [3.63, 3.8) is 0 Å². The maximum absolute atomic E-state index is 12.0. The molecule has 0 spiro atoms. The highest BCUT2D eigenvalue weighted by molar-refractivity contribution is 6.30. The van der Waals surface area contributed by atoms with Gasteiger partial charge in [-0.2, -0.15) is 0 Å². The van der Waals surface area contributed by atoms with Crippen molar-refractivity contribution in [3.8, 4) is 0 Å². The summed E-state index contributed by atoms with van der Waals surface area (Å²) in [6.45, 7) is 0.821. The van der Waals surface area contributed by atoms with Gasteiger partial charge in [-0.1, -0.05) is 11.6 Å². The number of rotatable bonds is 2. The first-order chi connectivity index (χ1) is 11.0. The van der Waals surface area contributed by atoms with Crippen LogP contribution in [0, 0.1) is 0 Å². The van der Waals surface area contributed by atoms with Crippen LogP contribution in [0.4, 0.5) is 9.59 Å². The Labute approximate surface area is 137 Å². The molecule has 9 heteroatoms. The van der Waals surface area contributed by atoms with Crippen LogP contribution >= 0.6 is 11.6 Å². The Hall–Kier alpha value is -2.48. The van der Waals surface area contributed by atoms with Crippen LogP contribution in [0.5, 0.6) is 0 Å². The van der Waals surface area contributed by atoms with Crippen molar-refractivity contribution < 1.29 is 19.5 Å². The fourth-order valence-corrected chi connectivity index (χ4v) is 2.39. The molecule has 0 radical (unpaired) electrons. The SMILES string of the molecule is O=C(O)NC1CCN(C(=O)NNC(=O)c2ccc(Cl)cc2)CC1. The zero-order valence-corrected chi connectivity index (χ0v) is 13.0. The molecule has 1 heterocycles. The maximum atomic E-state index is 12.0. The van der Waals surface area contributed by atoms with Gasteiger partial charge in [0.1, 0.15) is 0 Å². The molecule has 0 saturated carbocycles. The van der Waals surface area contributed by atoms with Gasteiger partial charge in [0.2, 0.25) is 0 Å². The summed E-state index contributed by atoms with van der Waals surface area (Å²) in [5.74, 6) is -0.447. The number of amides is 4. The van der Waals surface area contributed by atoms with Crippen LogP contribution in [0.25, 0.3) is 0 Å². The zero-order chi connectivity index (χ0) is 16.8. The third kappa shape index (κ3) is 5.03. The van der Waals surface area contributed by atoms with Crippen molar-refractivity contribution in [2.45, 2.75) is 18.9 Å². The van der Waals surface area contributed by atoms with Crippen LogP contribution in [0.1, 0.15) is 23.2 Å². The molecule has 0 aromatic heterocycles. The Balaban J connectivity index is 1.76. The number of carboxylic acid groups (broad SMARTS) is 1. The summed E-state index contributed by atoms with van der Waals surface area (Å²) in [4.78, 5) is 35.9. The van der Waals surface area contributed by atoms with Gasteiger partial charge in [-0.3, -0.25) is 10.2 Å². The zero-order valence-electron chi connectivity index (χ0n) is 12.2. The van der Waals surface area contributed by atoms with Crippen LogP contribution in [0.2, 0.25) is 5.02 Å². The molecule has 1 aliphatic rings. The van der Waals surface area contributed by atoms with Gasteiger partial charge in [0.05, 0.1) is 0 Å². The summed E-state index contributed by atoms with van der Waals surface area (Å²) in [6, 6.07) is 5.68. The highest BCUT2D eigenvalue weighted by Gasteiger charge is 2.23. The summed E-state index contributed by atoms with van der Waals surface area (Å²) >= 11 is 5.74. The van der Waals surface area contributed by atoms with Gasteiger partial charge < -0.3 is 15.3 Å². The fraction of sp³-hybridized carbons (Fsp3) is 0.357. The Kier molecular flexibility index (Phi) is 5.64. The lowest BCUT2D eigenvalue weighted by Crippen LogP contribution is -2.53. The number of nitrogens with zero attached hydrogens (tertiary/aromatic N) is 1. The number of benzene rings is 1. The van der Waals surface area contributed by atoms with Gasteiger partial charge in [-0.25, -0.2) is 15.0 Å². The van der Waals surface area contributed by atoms with Crippen molar-refractivity contribution in [3.05, 3.63) is 34.9 Å². The molecule has 1 saturated heterocycles. The van der Waals surface area contributed by atoms with E-state index in [0.717, 1.165) is 0 Å². The van der Waals surface area contributed by atoms with E-state index in [4.69, 9.17) is 16.7 Å². The van der Waals surface area contributed by atoms with E-state index in [0.29, 0.717) is 36.5 Å². The van der Waals surface area contributed by atoms with Crippen molar-refractivity contribution in [2.24, 2.45) is 0 Å². The second kappa shape index (κ2) is 7.68. The van der Waals surface area contributed by atoms with Crippen LogP contribution in [0.15, 0.2) is 24.3 Å². The molecular weight excluding hydrogens is 324 g/mol. The largest absolute Gasteiger partial charge is 0.465 e. The van der Waals surface area contributed by atoms with Crippen LogP contribution in [0.3, 0.4) is 0 Å². The molecule has 1 fully saturated rings. The molecule has 23 heavy (non-hydrogen) atoms. The van der Waals surface area contributed by atoms with E-state index >= 15 is 0 Å². The third-order valence-corrected chi connectivity index (χ3v) is 3.75. The quantitative estimate of drug-likeness (QED) is 0.610. The van der Waals surface area contributed by atoms with E-state index in [1.54, 1.807) is 24.3 Å². The number of likely N-dealkylation sites (tertiary alicyclic amines) is 1. The summed E-state index contributed by atoms with van der Waals surface area (Å²) < 4.78 is 0. The number of piperidine rings is 1. The van der Waals surface area contributed by atoms with Gasteiger partial charge in [-0.05, 0) is 37.1 Å². The Bertz CT molecular complexity index is 585. The molecule has 4 amide bonds. The van der Waals surface area contributed by atoms with Crippen molar-refractivity contribution in [2.75, 3.05) is 13.1 Å². The van der Waals surface area contributed by atoms with E-state index in [9.17, 15) is 14.4 Å². The lowest BCUT2D eigenvalue weighted by atomic mass is 10.1. The minimum atomic E-state index is -1.07. The molecule has 8 nitrogen and oxygen atoms in total. The second-order valence-corrected chi connectivity index (χ2v) is 5.54. The standard InChI is InChI=1S/C14H17ClN4O4/c15-10-3-1-9(2-4-10)12(20)17-18-13(21)19-7-5-11(6-8-19)16-14(22)23/h1-4,11,16H,5-8H2,(H,17,20)(H,18,21)(H,22,23). The highest BCUT2D eigenvalue weighted by atomic mass is 35.5. The van der Waals surface area contributed by atoms with E-state index in [1.807, 2.05) is 0 Å². The lowest BCUT2D eigenvalue weighted by molar-refractivity contribution is 0.0926. The molecule has 1 aliphatic heterocycles. The summed E-state index contributed by atoms with van der Waals surface area (Å²) in [6.07, 6.45) is -0.00137. The maximum Gasteiger partial charge on any atom is 0.404 e. The fourth-order valence-electron chi connectivity index (χ4n) is 2.26. The number of hydrogen-bond donors (Lipinski definition) is 4. The number of halogens is 1. The van der Waals surface area contributed by atoms with Gasteiger partial charge in [-0.15, -0.1) is 0 Å². The summed E-state index contributed by atoms with van der Waals surface area (Å²) in [5.41, 5.74) is 5.04. The number of hydrazine groups is 1. The average molecular weight is 341 g/mol. The topological polar surface area (TPSA) is 111 Å². The number of urea groups is 1. The van der Waals surface area contributed by atoms with Crippen molar-refractivity contribution in [1.29, 1.82) is 0 Å². The van der Waals surface area contributed by atoms with Crippen molar-refractivity contribution >= 4 is 29.6 Å². The van der Waals surface area contributed by atoms with Crippen LogP contribution in [-0.4, -0.2) is 47.2 Å². The monoisotopic (exact) mass is 340 g/mol. The molecule has 2 rings (SSSR count). The summed E-state index contributed by atoms with van der Waals surface area (Å²) in [7, 11) is 0. The number of carbonyl (C=O) groups excluding carboxylic acids is 2. The predicted octanol–water partition coefficient (Wildman–Crippen LogP) is 1.43. The minimum absolute atomic E-state index is 0.153. The number of nitrogens with one attached hydrogen (secondary N) is 3. The molecule has 124 valence electrons. The first-order valence-electron chi connectivity index (χ1n) is 7.06. The molecular formula is C14H17ClN4O4. The highest BCUT2D eigenvalue weighted by Crippen LogP contribution is 2.11. The Morgan fingerprint density at radius 3 is 2.26 bits per heavy atom. The normalized spacial score (nSPS) is 14.9. The Morgan fingerprint density at radius 1 is 1.09 bits per heavy atom. The molecule has 4 N–H and O–H groups in total. The van der Waals surface area contributed by atoms with Crippen LogP contribution in [-0.2, 0) is 0 Å². The predicted molar refractivity (Wildman–Crippen MR) is 83.2 cm³/mol. The van der Waals surface area contributed by atoms with E-state index in [-0.39, 0.29) is 6.04 Å². The number of hydrogen-bond acceptors (Lipinski definition) is 3. The lowest BCUT2D eigenvalue weighted by Gasteiger charge is -2.31. The molecule has 0 atom stereocenters. The molecule has 0 bridgehead atoms. The molecule has 0 aliphatic carbocycles. The van der Waals surface area contributed by atoms with E-state index < -0.39 is 18.0 Å². The first kappa shape index (κ1) is 16.9. The first-order valence-corrected chi connectivity index (χ1v) is 7.44. The van der Waals surface area contributed by atoms with Gasteiger partial charge >= 0.3 is 12.1 Å². The van der Waals surface area contributed by atoms with E-state index in [2.05, 4.69) is 16.2 Å². The van der Waals surface area contributed by atoms with Gasteiger partial charge in [0, 0.05) is 29.7 Å². The third-order valence-electron chi connectivity index (χ3n) is 3.50. The Morgan fingerprint density at radius 2 is 1.70 bits per heavy atom.